The number of hydrogen-bond donors (Lipinski definition) is 1. The molecule has 1 aliphatic heterocycles. The summed E-state index contributed by atoms with van der Waals surface area (Å²) < 4.78 is 2.24. The molecule has 0 radical (unpaired) electrons. The van der Waals surface area contributed by atoms with E-state index in [0.29, 0.717) is 10.1 Å². The first-order chi connectivity index (χ1) is 14.3. The van der Waals surface area contributed by atoms with Gasteiger partial charge in [-0.15, -0.1) is 0 Å². The molecule has 0 unspecified atom stereocenters. The summed E-state index contributed by atoms with van der Waals surface area (Å²) in [4.78, 5) is 17.7. The van der Waals surface area contributed by atoms with Crippen molar-refractivity contribution in [3.63, 3.8) is 0 Å². The Hall–Kier alpha value is -3.05. The van der Waals surface area contributed by atoms with Crippen molar-refractivity contribution in [2.45, 2.75) is 34.6 Å². The predicted octanol–water partition coefficient (Wildman–Crippen LogP) is 5.91. The van der Waals surface area contributed by atoms with Crippen molar-refractivity contribution in [2.24, 2.45) is 4.99 Å². The smallest absolute Gasteiger partial charge is 0.264 e. The maximum absolute atomic E-state index is 12.5. The number of carbonyl (C=O) groups excluding carboxylic acids is 1. The van der Waals surface area contributed by atoms with E-state index in [9.17, 15) is 4.79 Å². The van der Waals surface area contributed by atoms with Crippen LogP contribution >= 0.6 is 11.8 Å². The van der Waals surface area contributed by atoms with Gasteiger partial charge in [-0.3, -0.25) is 4.79 Å². The highest BCUT2D eigenvalue weighted by atomic mass is 32.2. The molecule has 2 aromatic carbocycles. The van der Waals surface area contributed by atoms with Gasteiger partial charge in [-0.25, -0.2) is 4.99 Å². The van der Waals surface area contributed by atoms with Crippen LogP contribution in [0.2, 0.25) is 0 Å². The number of rotatable bonds is 3. The van der Waals surface area contributed by atoms with Crippen LogP contribution in [0, 0.1) is 34.6 Å². The van der Waals surface area contributed by atoms with Crippen molar-refractivity contribution in [2.75, 3.05) is 0 Å². The SMILES string of the molecule is Cc1ccc(N=C2NC(=O)/C(=C/c3cc(C)n(-c4cc(C)cc(C)c4)c3C)S2)cc1. The van der Waals surface area contributed by atoms with Gasteiger partial charge in [-0.2, -0.15) is 0 Å². The quantitative estimate of drug-likeness (QED) is 0.541. The number of amides is 1. The molecule has 4 nitrogen and oxygen atoms in total. The van der Waals surface area contributed by atoms with Gasteiger partial charge in [0.25, 0.3) is 5.91 Å². The average molecular weight is 416 g/mol. The number of thioether (sulfide) groups is 1. The van der Waals surface area contributed by atoms with Gasteiger partial charge in [-0.1, -0.05) is 23.8 Å². The highest BCUT2D eigenvalue weighted by Gasteiger charge is 2.24. The molecule has 1 aromatic heterocycles. The Morgan fingerprint density at radius 1 is 0.900 bits per heavy atom. The fourth-order valence-electron chi connectivity index (χ4n) is 3.77. The van der Waals surface area contributed by atoms with E-state index in [1.165, 1.54) is 28.5 Å². The summed E-state index contributed by atoms with van der Waals surface area (Å²) in [7, 11) is 0. The van der Waals surface area contributed by atoms with Crippen molar-refractivity contribution in [3.05, 3.63) is 87.1 Å². The molecular weight excluding hydrogens is 390 g/mol. The van der Waals surface area contributed by atoms with E-state index in [4.69, 9.17) is 0 Å². The van der Waals surface area contributed by atoms with Crippen molar-refractivity contribution in [1.29, 1.82) is 0 Å². The van der Waals surface area contributed by atoms with Crippen LogP contribution in [-0.4, -0.2) is 15.6 Å². The fourth-order valence-corrected chi connectivity index (χ4v) is 4.60. The van der Waals surface area contributed by atoms with E-state index in [1.807, 2.05) is 37.3 Å². The summed E-state index contributed by atoms with van der Waals surface area (Å²) in [6, 6.07) is 16.6. The van der Waals surface area contributed by atoms with Crippen LogP contribution < -0.4 is 5.32 Å². The molecule has 3 aromatic rings. The van der Waals surface area contributed by atoms with Crippen LogP contribution in [0.25, 0.3) is 11.8 Å². The molecule has 0 saturated carbocycles. The Kier molecular flexibility index (Phi) is 5.39. The number of carbonyl (C=O) groups is 1. The summed E-state index contributed by atoms with van der Waals surface area (Å²) >= 11 is 1.38. The van der Waals surface area contributed by atoms with Gasteiger partial charge in [0.15, 0.2) is 5.17 Å². The van der Waals surface area contributed by atoms with Gasteiger partial charge in [0.1, 0.15) is 0 Å². The lowest BCUT2D eigenvalue weighted by Gasteiger charge is -2.12. The third-order valence-corrected chi connectivity index (χ3v) is 6.05. The van der Waals surface area contributed by atoms with Crippen LogP contribution in [-0.2, 0) is 4.79 Å². The van der Waals surface area contributed by atoms with Gasteiger partial charge < -0.3 is 9.88 Å². The molecule has 0 spiro atoms. The zero-order chi connectivity index (χ0) is 21.4. The molecule has 1 amide bonds. The van der Waals surface area contributed by atoms with Gasteiger partial charge in [0.2, 0.25) is 0 Å². The molecule has 1 fully saturated rings. The van der Waals surface area contributed by atoms with Crippen LogP contribution in [0.4, 0.5) is 5.69 Å². The summed E-state index contributed by atoms with van der Waals surface area (Å²) in [5.74, 6) is -0.109. The molecular formula is C25H25N3OS. The minimum absolute atomic E-state index is 0.109. The maximum atomic E-state index is 12.5. The number of nitrogens with zero attached hydrogens (tertiary/aromatic N) is 2. The van der Waals surface area contributed by atoms with Crippen LogP contribution in [0.3, 0.4) is 0 Å². The second kappa shape index (κ2) is 8.00. The molecule has 4 rings (SSSR count). The lowest BCUT2D eigenvalue weighted by molar-refractivity contribution is -0.115. The molecule has 0 atom stereocenters. The molecule has 0 bridgehead atoms. The Morgan fingerprint density at radius 2 is 1.57 bits per heavy atom. The Labute approximate surface area is 181 Å². The van der Waals surface area contributed by atoms with E-state index in [1.54, 1.807) is 0 Å². The standard InChI is InChI=1S/C25H25N3OS/c1-15-6-8-21(9-7-15)26-25-27-24(29)23(30-25)14-20-13-18(4)28(19(20)5)22-11-16(2)10-17(3)12-22/h6-14H,1-5H3,(H,26,27,29)/b23-14-. The van der Waals surface area contributed by atoms with E-state index >= 15 is 0 Å². The molecule has 5 heteroatoms. The Morgan fingerprint density at radius 3 is 2.23 bits per heavy atom. The number of nitrogens with one attached hydrogen (secondary N) is 1. The first-order valence-electron chi connectivity index (χ1n) is 9.94. The third-order valence-electron chi connectivity index (χ3n) is 5.14. The summed E-state index contributed by atoms with van der Waals surface area (Å²) in [6.07, 6.45) is 1.96. The average Bonchev–Trinajstić information content (AvgIpc) is 3.15. The molecule has 152 valence electrons. The summed E-state index contributed by atoms with van der Waals surface area (Å²) in [5.41, 5.74) is 8.93. The molecule has 0 aliphatic carbocycles. The van der Waals surface area contributed by atoms with E-state index < -0.39 is 0 Å². The number of benzene rings is 2. The number of aromatic nitrogens is 1. The highest BCUT2D eigenvalue weighted by Crippen LogP contribution is 2.31. The Bertz CT molecular complexity index is 1180. The van der Waals surface area contributed by atoms with Gasteiger partial charge >= 0.3 is 0 Å². The van der Waals surface area contributed by atoms with Crippen molar-refractivity contribution >= 4 is 34.6 Å². The third kappa shape index (κ3) is 4.12. The molecule has 1 N–H and O–H groups in total. The van der Waals surface area contributed by atoms with Crippen LogP contribution in [0.1, 0.15) is 33.6 Å². The lowest BCUT2D eigenvalue weighted by Crippen LogP contribution is -2.19. The van der Waals surface area contributed by atoms with Crippen LogP contribution in [0.5, 0.6) is 0 Å². The second-order valence-corrected chi connectivity index (χ2v) is 8.86. The first kappa shape index (κ1) is 20.2. The normalized spacial score (nSPS) is 16.5. The van der Waals surface area contributed by atoms with Crippen molar-refractivity contribution < 1.29 is 4.79 Å². The van der Waals surface area contributed by atoms with Crippen molar-refractivity contribution in [3.8, 4) is 5.69 Å². The highest BCUT2D eigenvalue weighted by molar-refractivity contribution is 8.18. The molecule has 2 heterocycles. The van der Waals surface area contributed by atoms with Gasteiger partial charge in [-0.05, 0) is 99.5 Å². The van der Waals surface area contributed by atoms with Gasteiger partial charge in [0, 0.05) is 17.1 Å². The monoisotopic (exact) mass is 415 g/mol. The van der Waals surface area contributed by atoms with Gasteiger partial charge in [0.05, 0.1) is 10.6 Å². The minimum Gasteiger partial charge on any atom is -0.318 e. The van der Waals surface area contributed by atoms with E-state index in [2.05, 4.69) is 66.8 Å². The molecule has 30 heavy (non-hydrogen) atoms. The zero-order valence-electron chi connectivity index (χ0n) is 17.9. The van der Waals surface area contributed by atoms with E-state index in [-0.39, 0.29) is 5.91 Å². The maximum Gasteiger partial charge on any atom is 0.264 e. The molecule has 1 aliphatic rings. The second-order valence-electron chi connectivity index (χ2n) is 7.83. The van der Waals surface area contributed by atoms with E-state index in [0.717, 1.165) is 28.3 Å². The Balaban J connectivity index is 1.65. The topological polar surface area (TPSA) is 46.4 Å². The molecule has 1 saturated heterocycles. The number of hydrogen-bond acceptors (Lipinski definition) is 3. The fraction of sp³-hybridized carbons (Fsp3) is 0.200. The van der Waals surface area contributed by atoms with Crippen molar-refractivity contribution in [1.82, 2.24) is 9.88 Å². The van der Waals surface area contributed by atoms with Crippen LogP contribution in [0.15, 0.2) is 58.4 Å². The lowest BCUT2D eigenvalue weighted by atomic mass is 10.1. The number of aliphatic imine (C=N–C) groups is 1. The largest absolute Gasteiger partial charge is 0.318 e. The number of aryl methyl sites for hydroxylation is 4. The summed E-state index contributed by atoms with van der Waals surface area (Å²) in [5, 5.41) is 3.48. The summed E-state index contributed by atoms with van der Waals surface area (Å²) in [6.45, 7) is 10.5. The first-order valence-corrected chi connectivity index (χ1v) is 10.8. The minimum atomic E-state index is -0.109. The predicted molar refractivity (Wildman–Crippen MR) is 127 cm³/mol. The zero-order valence-corrected chi connectivity index (χ0v) is 18.7. The number of amidine groups is 1.